The molecule has 0 aromatic carbocycles. The van der Waals surface area contributed by atoms with Crippen LogP contribution in [0.4, 0.5) is 8.78 Å². The lowest BCUT2D eigenvalue weighted by Crippen LogP contribution is -2.45. The Balaban J connectivity index is 2.58. The van der Waals surface area contributed by atoms with Crippen molar-refractivity contribution in [2.45, 2.75) is 70.8 Å². The molecule has 122 valence electrons. The molecule has 1 aliphatic rings. The summed E-state index contributed by atoms with van der Waals surface area (Å²) in [6.45, 7) is 1.96. The largest absolute Gasteiger partial charge is 0.480 e. The van der Waals surface area contributed by atoms with E-state index in [4.69, 9.17) is 5.11 Å². The van der Waals surface area contributed by atoms with Crippen LogP contribution in [0.1, 0.15) is 58.3 Å². The lowest BCUT2D eigenvalue weighted by molar-refractivity contribution is -0.143. The molecule has 1 aliphatic carbocycles. The van der Waals surface area contributed by atoms with Crippen LogP contribution in [-0.2, 0) is 9.59 Å². The third-order valence-electron chi connectivity index (χ3n) is 4.13. The molecule has 0 aliphatic heterocycles. The Labute approximate surface area is 124 Å². The number of amides is 1. The second-order valence-electron chi connectivity index (χ2n) is 5.90. The highest BCUT2D eigenvalue weighted by Gasteiger charge is 2.29. The van der Waals surface area contributed by atoms with Crippen molar-refractivity contribution in [2.24, 2.45) is 11.8 Å². The van der Waals surface area contributed by atoms with Gasteiger partial charge in [0.1, 0.15) is 6.04 Å². The predicted molar refractivity (Wildman–Crippen MR) is 75.2 cm³/mol. The quantitative estimate of drug-likeness (QED) is 0.687. The minimum atomic E-state index is -2.74. The van der Waals surface area contributed by atoms with Gasteiger partial charge in [0.05, 0.1) is 0 Å². The van der Waals surface area contributed by atoms with Gasteiger partial charge in [0.25, 0.3) is 0 Å². The number of nitrogens with one attached hydrogen (secondary N) is 1. The van der Waals surface area contributed by atoms with Gasteiger partial charge in [-0.15, -0.1) is 0 Å². The molecule has 0 bridgehead atoms. The summed E-state index contributed by atoms with van der Waals surface area (Å²) < 4.78 is 24.7. The summed E-state index contributed by atoms with van der Waals surface area (Å²) in [5, 5.41) is 11.2. The summed E-state index contributed by atoms with van der Waals surface area (Å²) in [5.41, 5.74) is 0. The lowest BCUT2D eigenvalue weighted by atomic mass is 9.89. The van der Waals surface area contributed by atoms with Gasteiger partial charge in [0.15, 0.2) is 0 Å². The van der Waals surface area contributed by atoms with Crippen molar-refractivity contribution >= 4 is 11.9 Å². The first kappa shape index (κ1) is 17.9. The number of hydrogen-bond acceptors (Lipinski definition) is 2. The molecule has 6 heteroatoms. The van der Waals surface area contributed by atoms with E-state index in [1.807, 2.05) is 6.92 Å². The Morgan fingerprint density at radius 1 is 1.29 bits per heavy atom. The highest BCUT2D eigenvalue weighted by atomic mass is 19.3. The van der Waals surface area contributed by atoms with Crippen LogP contribution in [0.2, 0.25) is 0 Å². The SMILES string of the molecule is CCCC(CC1CCCC1)C(=O)NC(CC(F)F)C(=O)O. The molecule has 0 aromatic rings. The summed E-state index contributed by atoms with van der Waals surface area (Å²) in [5.74, 6) is -1.56. The molecule has 1 rings (SSSR count). The van der Waals surface area contributed by atoms with Crippen LogP contribution in [0.3, 0.4) is 0 Å². The molecular weight excluding hydrogens is 280 g/mol. The second kappa shape index (κ2) is 8.95. The zero-order valence-electron chi connectivity index (χ0n) is 12.5. The van der Waals surface area contributed by atoms with E-state index in [1.165, 1.54) is 12.8 Å². The lowest BCUT2D eigenvalue weighted by Gasteiger charge is -2.22. The predicted octanol–water partition coefficient (Wildman–Crippen LogP) is 3.21. The van der Waals surface area contributed by atoms with E-state index in [2.05, 4.69) is 5.32 Å². The van der Waals surface area contributed by atoms with Gasteiger partial charge in [-0.2, -0.15) is 0 Å². The van der Waals surface area contributed by atoms with Crippen molar-refractivity contribution in [3.05, 3.63) is 0 Å². The van der Waals surface area contributed by atoms with Gasteiger partial charge in [0, 0.05) is 12.3 Å². The maximum Gasteiger partial charge on any atom is 0.326 e. The van der Waals surface area contributed by atoms with Crippen molar-refractivity contribution in [1.82, 2.24) is 5.32 Å². The van der Waals surface area contributed by atoms with Gasteiger partial charge in [-0.05, 0) is 18.8 Å². The number of carboxylic acid groups (broad SMARTS) is 1. The van der Waals surface area contributed by atoms with E-state index in [0.717, 1.165) is 25.7 Å². The number of carboxylic acids is 1. The number of alkyl halides is 2. The normalized spacial score (nSPS) is 18.7. The standard InChI is InChI=1S/C15H25F2NO3/c1-2-5-11(8-10-6-3-4-7-10)14(19)18-12(15(20)21)9-13(16)17/h10-13H,2-9H2,1H3,(H,18,19)(H,20,21). The van der Waals surface area contributed by atoms with Gasteiger partial charge in [0.2, 0.25) is 12.3 Å². The molecule has 4 nitrogen and oxygen atoms in total. The van der Waals surface area contributed by atoms with Crippen LogP contribution in [0.15, 0.2) is 0 Å². The monoisotopic (exact) mass is 305 g/mol. The average molecular weight is 305 g/mol. The number of carbonyl (C=O) groups excluding carboxylic acids is 1. The van der Waals surface area contributed by atoms with E-state index < -0.39 is 30.8 Å². The van der Waals surface area contributed by atoms with Gasteiger partial charge in [-0.1, -0.05) is 39.0 Å². The van der Waals surface area contributed by atoms with Crippen LogP contribution in [-0.4, -0.2) is 29.5 Å². The van der Waals surface area contributed by atoms with Gasteiger partial charge in [-0.3, -0.25) is 4.79 Å². The minimum Gasteiger partial charge on any atom is -0.480 e. The molecule has 0 heterocycles. The molecule has 1 saturated carbocycles. The first-order valence-corrected chi connectivity index (χ1v) is 7.75. The highest BCUT2D eigenvalue weighted by Crippen LogP contribution is 2.31. The number of hydrogen-bond donors (Lipinski definition) is 2. The molecule has 0 aromatic heterocycles. The zero-order valence-corrected chi connectivity index (χ0v) is 12.5. The molecule has 1 fully saturated rings. The van der Waals surface area contributed by atoms with Crippen LogP contribution in [0.25, 0.3) is 0 Å². The van der Waals surface area contributed by atoms with E-state index >= 15 is 0 Å². The first-order valence-electron chi connectivity index (χ1n) is 7.75. The van der Waals surface area contributed by atoms with Gasteiger partial charge < -0.3 is 10.4 Å². The zero-order chi connectivity index (χ0) is 15.8. The Hall–Kier alpha value is -1.20. The van der Waals surface area contributed by atoms with Crippen molar-refractivity contribution in [2.75, 3.05) is 0 Å². The molecule has 21 heavy (non-hydrogen) atoms. The van der Waals surface area contributed by atoms with Crippen molar-refractivity contribution in [3.8, 4) is 0 Å². The number of carbonyl (C=O) groups is 2. The van der Waals surface area contributed by atoms with Crippen LogP contribution >= 0.6 is 0 Å². The Bertz CT molecular complexity index is 344. The van der Waals surface area contributed by atoms with Gasteiger partial charge >= 0.3 is 5.97 Å². The third-order valence-corrected chi connectivity index (χ3v) is 4.13. The van der Waals surface area contributed by atoms with Crippen LogP contribution in [0.5, 0.6) is 0 Å². The fourth-order valence-electron chi connectivity index (χ4n) is 3.04. The number of rotatable bonds is 9. The first-order chi connectivity index (χ1) is 9.93. The fraction of sp³-hybridized carbons (Fsp3) is 0.867. The fourth-order valence-corrected chi connectivity index (χ4v) is 3.04. The average Bonchev–Trinajstić information content (AvgIpc) is 2.89. The van der Waals surface area contributed by atoms with Crippen LogP contribution < -0.4 is 5.32 Å². The Kier molecular flexibility index (Phi) is 7.61. The minimum absolute atomic E-state index is 0.266. The Morgan fingerprint density at radius 2 is 1.90 bits per heavy atom. The van der Waals surface area contributed by atoms with E-state index in [9.17, 15) is 18.4 Å². The van der Waals surface area contributed by atoms with E-state index in [-0.39, 0.29) is 5.92 Å². The second-order valence-corrected chi connectivity index (χ2v) is 5.90. The maximum absolute atomic E-state index is 12.4. The summed E-state index contributed by atoms with van der Waals surface area (Å²) >= 11 is 0. The number of aliphatic carboxylic acids is 1. The van der Waals surface area contributed by atoms with Crippen molar-refractivity contribution in [1.29, 1.82) is 0 Å². The molecule has 1 amide bonds. The van der Waals surface area contributed by atoms with Gasteiger partial charge in [-0.25, -0.2) is 13.6 Å². The van der Waals surface area contributed by atoms with Crippen molar-refractivity contribution < 1.29 is 23.5 Å². The van der Waals surface area contributed by atoms with E-state index in [1.54, 1.807) is 0 Å². The van der Waals surface area contributed by atoms with E-state index in [0.29, 0.717) is 12.3 Å². The summed E-state index contributed by atoms with van der Waals surface area (Å²) in [6.07, 6.45) is 3.19. The summed E-state index contributed by atoms with van der Waals surface area (Å²) in [4.78, 5) is 23.1. The molecule has 2 unspecified atom stereocenters. The highest BCUT2D eigenvalue weighted by molar-refractivity contribution is 5.84. The molecular formula is C15H25F2NO3. The third kappa shape index (κ3) is 6.40. The number of halogens is 2. The summed E-state index contributed by atoms with van der Waals surface area (Å²) in [6, 6.07) is -1.50. The topological polar surface area (TPSA) is 66.4 Å². The maximum atomic E-state index is 12.4. The molecule has 0 radical (unpaired) electrons. The van der Waals surface area contributed by atoms with Crippen molar-refractivity contribution in [3.63, 3.8) is 0 Å². The summed E-state index contributed by atoms with van der Waals surface area (Å²) in [7, 11) is 0. The molecule has 0 spiro atoms. The molecule has 2 atom stereocenters. The molecule has 0 saturated heterocycles. The van der Waals surface area contributed by atoms with Crippen LogP contribution in [0, 0.1) is 11.8 Å². The Morgan fingerprint density at radius 3 is 2.38 bits per heavy atom. The smallest absolute Gasteiger partial charge is 0.326 e. The molecule has 2 N–H and O–H groups in total.